The van der Waals surface area contributed by atoms with E-state index in [2.05, 4.69) is 71.2 Å². The molecular formula is C57H59N19O11S6. The van der Waals surface area contributed by atoms with Crippen molar-refractivity contribution in [1.29, 1.82) is 10.5 Å². The predicted molar refractivity (Wildman–Crippen MR) is 355 cm³/mol. The third-order valence-electron chi connectivity index (χ3n) is 12.8. The Morgan fingerprint density at radius 3 is 1.32 bits per heavy atom. The van der Waals surface area contributed by atoms with Crippen LogP contribution in [0.3, 0.4) is 0 Å². The number of azo groups is 2. The smallest absolute Gasteiger partial charge is 0.425 e. The largest absolute Gasteiger partial charge is 0.494 e. The van der Waals surface area contributed by atoms with Crippen molar-refractivity contribution in [3.05, 3.63) is 128 Å². The van der Waals surface area contributed by atoms with Crippen LogP contribution in [0.2, 0.25) is 0 Å². The molecule has 484 valence electrons. The number of allylic oxidation sites excluding steroid dienone is 2. The second kappa shape index (κ2) is 34.4. The molecule has 0 unspecified atom stereocenters. The zero-order valence-corrected chi connectivity index (χ0v) is 55.6. The third-order valence-corrected chi connectivity index (χ3v) is 17.1. The number of thiazole rings is 2. The molecule has 3 heterocycles. The molecule has 0 aliphatic heterocycles. The first-order chi connectivity index (χ1) is 44.5. The maximum absolute atomic E-state index is 11.6. The molecule has 36 heteroatoms. The Labute approximate surface area is 550 Å². The number of nitriles is 2. The van der Waals surface area contributed by atoms with Crippen molar-refractivity contribution in [2.75, 3.05) is 90.3 Å². The highest BCUT2D eigenvalue weighted by molar-refractivity contribution is 7.99. The van der Waals surface area contributed by atoms with Gasteiger partial charge in [0.25, 0.3) is 31.6 Å². The van der Waals surface area contributed by atoms with Gasteiger partial charge in [0.05, 0.1) is 81.8 Å². The molecule has 4 aromatic carbocycles. The monoisotopic (exact) mass is 1380 g/mol. The fraction of sp³-hybridized carbons (Fsp3) is 0.281. The lowest BCUT2D eigenvalue weighted by Gasteiger charge is -2.25. The predicted octanol–water partition coefficient (Wildman–Crippen LogP) is 12.3. The topological polar surface area (TPSA) is 403 Å². The van der Waals surface area contributed by atoms with Crippen LogP contribution < -0.4 is 40.5 Å². The first-order valence-corrected chi connectivity index (χ1v) is 34.1. The van der Waals surface area contributed by atoms with Crippen LogP contribution in [0.5, 0.6) is 11.5 Å². The third kappa shape index (κ3) is 20.7. The standard InChI is InChI=1S/C57H59N19O8S5.O3S/c1-10-75(11-2)45-29-41(43(31-47(45)83-8)71-73-56-66-51(49(86-56)27-37(33-58)60-6)62-25-23-35-15-19-39(20-16-35)88(77,78)79)64-53-68-54(70-55(69-53)85-14-5)65-42-30-46(76(12-3)13-4)48(84-9)32-44(42)72-74-57-67-52(50(87-57)28-38(34-59)61-7)63-26-24-36-17-21-40(22-18-36)89(80,81)82;1-4(2)3/h15-22,27-32,62-63H,10-14,23-26H2,1-5,8-9H3,(H,77,78,79)(H,80,81,82)(H2,64,65,68,69,70);/b37-27-,38-28+,73-71?,74-72?;. The summed E-state index contributed by atoms with van der Waals surface area (Å²) in [7, 11) is -8.75. The SMILES string of the molecule is O=S(=O)=O.[C-]#[N+]/C(C#N)=C\c1sc(N=Nc2cc(OC)c(N(CC)CC)cc2Nc2nc(Nc3cc(N(CC)CC)c(OC)cc3N=Nc3nc(NCCc4ccc(S(=O)(=O)O)cc4)c(/C=C(\C#N)[N+]#[C-])s3)nc(SCC)n2)nc1NCCc1ccc(S(=O)(=O)O)cc1. The maximum atomic E-state index is 11.6. The molecule has 0 saturated carbocycles. The highest BCUT2D eigenvalue weighted by Gasteiger charge is 2.22. The minimum Gasteiger partial charge on any atom is -0.494 e. The van der Waals surface area contributed by atoms with E-state index in [9.17, 15) is 36.5 Å². The summed E-state index contributed by atoms with van der Waals surface area (Å²) in [6.45, 7) is 28.2. The van der Waals surface area contributed by atoms with Crippen molar-refractivity contribution in [3.8, 4) is 23.6 Å². The first-order valence-electron chi connectivity index (χ1n) is 27.6. The normalized spacial score (nSPS) is 11.6. The summed E-state index contributed by atoms with van der Waals surface area (Å²) in [5.41, 5.74) is 4.01. The van der Waals surface area contributed by atoms with Crippen LogP contribution in [0.1, 0.15) is 55.5 Å². The van der Waals surface area contributed by atoms with Crippen LogP contribution in [0, 0.1) is 35.8 Å². The Kier molecular flexibility index (Phi) is 26.7. The Balaban J connectivity index is 0.00000333. The molecule has 7 rings (SSSR count). The number of hydrogen-bond acceptors (Lipinski definition) is 29. The second-order valence-corrected chi connectivity index (χ2v) is 25.0. The van der Waals surface area contributed by atoms with Crippen LogP contribution in [0.25, 0.3) is 21.8 Å². The minimum absolute atomic E-state index is 0.116. The van der Waals surface area contributed by atoms with E-state index in [4.69, 9.17) is 50.2 Å². The van der Waals surface area contributed by atoms with E-state index in [0.717, 1.165) is 45.2 Å². The average molecular weight is 1380 g/mol. The number of ether oxygens (including phenoxy) is 2. The van der Waals surface area contributed by atoms with Crippen LogP contribution in [-0.4, -0.2) is 123 Å². The number of benzene rings is 4. The van der Waals surface area contributed by atoms with Gasteiger partial charge in [-0.15, -0.1) is 33.1 Å². The molecule has 0 aliphatic rings. The summed E-state index contributed by atoms with van der Waals surface area (Å²) in [4.78, 5) is 35.0. The summed E-state index contributed by atoms with van der Waals surface area (Å²) in [6.07, 6.45) is 3.62. The van der Waals surface area contributed by atoms with Gasteiger partial charge in [0, 0.05) is 51.4 Å². The summed E-state index contributed by atoms with van der Waals surface area (Å²) in [5, 5.41) is 51.6. The summed E-state index contributed by atoms with van der Waals surface area (Å²) in [5.74, 6) is 2.44. The molecule has 3 aromatic heterocycles. The zero-order chi connectivity index (χ0) is 67.8. The van der Waals surface area contributed by atoms with Crippen LogP contribution in [-0.2, 0) is 43.7 Å². The van der Waals surface area contributed by atoms with E-state index in [1.54, 1.807) is 50.6 Å². The zero-order valence-electron chi connectivity index (χ0n) is 50.7. The molecular weight excluding hydrogens is 1320 g/mol. The van der Waals surface area contributed by atoms with Gasteiger partial charge in [0.1, 0.15) is 34.5 Å². The van der Waals surface area contributed by atoms with Gasteiger partial charge < -0.3 is 40.5 Å². The number of methoxy groups -OCH3 is 2. The average Bonchev–Trinajstić information content (AvgIpc) is 1.27. The molecule has 6 N–H and O–H groups in total. The maximum Gasteiger partial charge on any atom is 0.425 e. The first kappa shape index (κ1) is 72.0. The fourth-order valence-corrected chi connectivity index (χ4v) is 11.6. The molecule has 30 nitrogen and oxygen atoms in total. The Morgan fingerprint density at radius 1 is 0.634 bits per heavy atom. The lowest BCUT2D eigenvalue weighted by molar-refractivity contribution is 0.414. The van der Waals surface area contributed by atoms with Gasteiger partial charge in [-0.1, -0.05) is 65.6 Å². The van der Waals surface area contributed by atoms with Crippen molar-refractivity contribution in [3.63, 3.8) is 0 Å². The molecule has 0 spiro atoms. The van der Waals surface area contributed by atoms with Gasteiger partial charge in [-0.05, 0) is 106 Å². The highest BCUT2D eigenvalue weighted by atomic mass is 32.2. The molecule has 0 aliphatic carbocycles. The molecule has 0 fully saturated rings. The lowest BCUT2D eigenvalue weighted by atomic mass is 10.1. The highest BCUT2D eigenvalue weighted by Crippen LogP contribution is 2.44. The van der Waals surface area contributed by atoms with Crippen molar-refractivity contribution >= 4 is 145 Å². The van der Waals surface area contributed by atoms with Crippen LogP contribution >= 0.6 is 34.4 Å². The summed E-state index contributed by atoms with van der Waals surface area (Å²) in [6, 6.07) is 22.4. The second-order valence-electron chi connectivity index (χ2n) is 18.5. The number of anilines is 8. The van der Waals surface area contributed by atoms with Gasteiger partial charge in [-0.2, -0.15) is 41.8 Å². The van der Waals surface area contributed by atoms with E-state index in [1.807, 2.05) is 58.9 Å². The van der Waals surface area contributed by atoms with Gasteiger partial charge >= 0.3 is 10.6 Å². The van der Waals surface area contributed by atoms with Crippen molar-refractivity contribution in [2.24, 2.45) is 20.5 Å². The lowest BCUT2D eigenvalue weighted by Crippen LogP contribution is -2.22. The van der Waals surface area contributed by atoms with Gasteiger partial charge in [0.15, 0.2) is 5.16 Å². The van der Waals surface area contributed by atoms with Gasteiger partial charge in [-0.25, -0.2) is 20.2 Å². The Hall–Kier alpha value is -10.0. The fourth-order valence-electron chi connectivity index (χ4n) is 8.44. The Bertz CT molecular complexity index is 4170. The number of nitrogens with one attached hydrogen (secondary N) is 4. The molecule has 0 bridgehead atoms. The van der Waals surface area contributed by atoms with E-state index in [0.29, 0.717) is 119 Å². The summed E-state index contributed by atoms with van der Waals surface area (Å²) >= 11 is 3.52. The number of hydrogen-bond donors (Lipinski definition) is 6. The molecule has 7 aromatic rings. The number of rotatable bonds is 30. The van der Waals surface area contributed by atoms with Gasteiger partial charge in [0.2, 0.25) is 22.2 Å². The number of nitrogens with zero attached hydrogens (tertiary/aromatic N) is 15. The Morgan fingerprint density at radius 2 is 1.01 bits per heavy atom. The van der Waals surface area contributed by atoms with Crippen molar-refractivity contribution in [1.82, 2.24) is 24.9 Å². The molecule has 0 saturated heterocycles. The minimum atomic E-state index is -4.37. The van der Waals surface area contributed by atoms with E-state index in [-0.39, 0.29) is 43.3 Å². The van der Waals surface area contributed by atoms with Gasteiger partial charge in [-0.3, -0.25) is 9.11 Å². The van der Waals surface area contributed by atoms with E-state index >= 15 is 0 Å². The van der Waals surface area contributed by atoms with E-state index in [1.165, 1.54) is 48.2 Å². The van der Waals surface area contributed by atoms with Crippen LogP contribution in [0.15, 0.2) is 120 Å². The van der Waals surface area contributed by atoms with Crippen molar-refractivity contribution < 1.29 is 48.0 Å². The number of thioether (sulfide) groups is 1. The summed E-state index contributed by atoms with van der Waals surface area (Å²) < 4.78 is 102. The molecule has 0 radical (unpaired) electrons. The van der Waals surface area contributed by atoms with E-state index < -0.39 is 30.8 Å². The number of aromatic nitrogens is 5. The quantitative estimate of drug-likeness (QED) is 0.00800. The molecule has 0 amide bonds. The molecule has 0 atom stereocenters. The van der Waals surface area contributed by atoms with Crippen LogP contribution in [0.4, 0.5) is 67.9 Å². The molecule has 93 heavy (non-hydrogen) atoms. The van der Waals surface area contributed by atoms with Crippen molar-refractivity contribution in [2.45, 2.75) is 62.4 Å².